The molecule has 0 heterocycles. The summed E-state index contributed by atoms with van der Waals surface area (Å²) in [5, 5.41) is 2.35. The van der Waals surface area contributed by atoms with Crippen molar-refractivity contribution < 1.29 is 32.2 Å². The fourth-order valence-electron chi connectivity index (χ4n) is 2.18. The molecule has 0 unspecified atom stereocenters. The third-order valence-corrected chi connectivity index (χ3v) is 4.69. The van der Waals surface area contributed by atoms with Crippen molar-refractivity contribution in [1.29, 1.82) is 0 Å². The van der Waals surface area contributed by atoms with Crippen molar-refractivity contribution in [2.75, 3.05) is 12.4 Å². The molecule has 150 valence electrons. The van der Waals surface area contributed by atoms with Crippen molar-refractivity contribution in [1.82, 2.24) is 0 Å². The normalized spacial score (nSPS) is 11.6. The second-order valence-corrected chi connectivity index (χ2v) is 7.86. The molecule has 9 heteroatoms. The van der Waals surface area contributed by atoms with E-state index in [9.17, 15) is 22.8 Å². The van der Waals surface area contributed by atoms with Crippen molar-refractivity contribution in [2.24, 2.45) is 0 Å². The Balaban J connectivity index is 2.02. The maximum Gasteiger partial charge on any atom is 0.417 e. The van der Waals surface area contributed by atoms with Gasteiger partial charge in [0.05, 0.1) is 12.7 Å². The lowest BCUT2D eigenvalue weighted by Gasteiger charge is -2.20. The van der Waals surface area contributed by atoms with E-state index in [2.05, 4.69) is 5.32 Å². The van der Waals surface area contributed by atoms with E-state index < -0.39 is 28.5 Å². The molecule has 2 aromatic carbocycles. The highest BCUT2D eigenvalue weighted by molar-refractivity contribution is 8.01. The van der Waals surface area contributed by atoms with Gasteiger partial charge in [0.2, 0.25) is 0 Å². The van der Waals surface area contributed by atoms with E-state index in [4.69, 9.17) is 9.47 Å². The van der Waals surface area contributed by atoms with E-state index in [1.807, 2.05) is 0 Å². The summed E-state index contributed by atoms with van der Waals surface area (Å²) in [5.41, 5.74) is -0.653. The highest BCUT2D eigenvalue weighted by Gasteiger charge is 2.31. The van der Waals surface area contributed by atoms with Crippen LogP contribution in [0.2, 0.25) is 0 Å². The van der Waals surface area contributed by atoms with E-state index in [0.717, 1.165) is 24.3 Å². The number of esters is 1. The molecule has 0 atom stereocenters. The molecule has 0 spiro atoms. The van der Waals surface area contributed by atoms with Gasteiger partial charge in [-0.25, -0.2) is 4.79 Å². The average Bonchev–Trinajstić information content (AvgIpc) is 2.60. The van der Waals surface area contributed by atoms with Crippen LogP contribution in [0.25, 0.3) is 0 Å². The Labute approximate surface area is 164 Å². The number of ether oxygens (including phenoxy) is 2. The molecule has 0 bridgehead atoms. The number of alkyl halides is 3. The van der Waals surface area contributed by atoms with Gasteiger partial charge in [0.1, 0.15) is 10.5 Å². The minimum Gasteiger partial charge on any atom is -0.468 e. The largest absolute Gasteiger partial charge is 0.468 e. The molecular formula is C19H18F3NO4S. The lowest BCUT2D eigenvalue weighted by molar-refractivity contribution is -0.142. The molecule has 0 aliphatic rings. The molecule has 5 nitrogen and oxygen atoms in total. The first kappa shape index (κ1) is 21.6. The van der Waals surface area contributed by atoms with Gasteiger partial charge in [0.25, 0.3) is 0 Å². The van der Waals surface area contributed by atoms with Gasteiger partial charge in [-0.3, -0.25) is 10.1 Å². The number of carbonyl (C=O) groups is 2. The Bertz CT molecular complexity index is 851. The van der Waals surface area contributed by atoms with E-state index in [1.165, 1.54) is 18.9 Å². The lowest BCUT2D eigenvalue weighted by atomic mass is 10.2. The van der Waals surface area contributed by atoms with Crippen LogP contribution < -0.4 is 10.1 Å². The van der Waals surface area contributed by atoms with Gasteiger partial charge >= 0.3 is 18.2 Å². The van der Waals surface area contributed by atoms with Crippen LogP contribution in [0.1, 0.15) is 19.4 Å². The first-order chi connectivity index (χ1) is 13.0. The number of nitrogens with one attached hydrogen (secondary N) is 1. The molecule has 2 rings (SSSR count). The lowest BCUT2D eigenvalue weighted by Crippen LogP contribution is -2.28. The van der Waals surface area contributed by atoms with E-state index in [1.54, 1.807) is 38.1 Å². The number of halogens is 3. The fraction of sp³-hybridized carbons (Fsp3) is 0.263. The standard InChI is InChI=1S/C19H18F3NO4S/c1-18(2,16(24)26-3)28-15-6-4-5-14(11-15)27-17(25)23-13-9-7-12(8-10-13)19(20,21)22/h4-11H,1-3H3,(H,23,25). The third kappa shape index (κ3) is 5.91. The summed E-state index contributed by atoms with van der Waals surface area (Å²) in [7, 11) is 1.30. The summed E-state index contributed by atoms with van der Waals surface area (Å²) >= 11 is 1.23. The maximum absolute atomic E-state index is 12.6. The molecule has 0 saturated carbocycles. The minimum atomic E-state index is -4.45. The van der Waals surface area contributed by atoms with E-state index >= 15 is 0 Å². The number of anilines is 1. The molecule has 28 heavy (non-hydrogen) atoms. The van der Waals surface area contributed by atoms with Crippen LogP contribution in [0, 0.1) is 0 Å². The second-order valence-electron chi connectivity index (χ2n) is 6.17. The van der Waals surface area contributed by atoms with Crippen molar-refractivity contribution in [3.63, 3.8) is 0 Å². The van der Waals surface area contributed by atoms with Crippen molar-refractivity contribution >= 4 is 29.5 Å². The highest BCUT2D eigenvalue weighted by Crippen LogP contribution is 2.35. The Kier molecular flexibility index (Phi) is 6.60. The van der Waals surface area contributed by atoms with Crippen LogP contribution in [-0.4, -0.2) is 23.9 Å². The van der Waals surface area contributed by atoms with E-state index in [0.29, 0.717) is 4.90 Å². The summed E-state index contributed by atoms with van der Waals surface area (Å²) in [4.78, 5) is 24.4. The fourth-order valence-corrected chi connectivity index (χ4v) is 3.25. The number of hydrogen-bond acceptors (Lipinski definition) is 5. The quantitative estimate of drug-likeness (QED) is 0.528. The van der Waals surface area contributed by atoms with Gasteiger partial charge in [-0.05, 0) is 56.3 Å². The molecule has 1 amide bonds. The van der Waals surface area contributed by atoms with Gasteiger partial charge in [-0.1, -0.05) is 6.07 Å². The smallest absolute Gasteiger partial charge is 0.417 e. The topological polar surface area (TPSA) is 64.6 Å². The molecule has 0 saturated heterocycles. The van der Waals surface area contributed by atoms with Crippen LogP contribution in [0.15, 0.2) is 53.4 Å². The third-order valence-electron chi connectivity index (χ3n) is 3.52. The van der Waals surface area contributed by atoms with Gasteiger partial charge in [-0.15, -0.1) is 11.8 Å². The summed E-state index contributed by atoms with van der Waals surface area (Å²) < 4.78 is 46.7. The maximum atomic E-state index is 12.6. The SMILES string of the molecule is COC(=O)C(C)(C)Sc1cccc(OC(=O)Nc2ccc(C(F)(F)F)cc2)c1. The van der Waals surface area contributed by atoms with Gasteiger partial charge < -0.3 is 9.47 Å². The van der Waals surface area contributed by atoms with Crippen molar-refractivity contribution in [3.8, 4) is 5.75 Å². The number of benzene rings is 2. The first-order valence-electron chi connectivity index (χ1n) is 8.05. The number of rotatable bonds is 5. The summed E-state index contributed by atoms with van der Waals surface area (Å²) in [6.45, 7) is 3.41. The Morgan fingerprint density at radius 3 is 2.25 bits per heavy atom. The second kappa shape index (κ2) is 8.55. The van der Waals surface area contributed by atoms with Gasteiger partial charge in [0, 0.05) is 10.6 Å². The summed E-state index contributed by atoms with van der Waals surface area (Å²) in [5.74, 6) is -0.182. The number of thioether (sulfide) groups is 1. The highest BCUT2D eigenvalue weighted by atomic mass is 32.2. The number of carbonyl (C=O) groups excluding carboxylic acids is 2. The van der Waals surface area contributed by atoms with E-state index in [-0.39, 0.29) is 11.4 Å². The van der Waals surface area contributed by atoms with Crippen LogP contribution in [0.5, 0.6) is 5.75 Å². The zero-order valence-corrected chi connectivity index (χ0v) is 16.1. The molecule has 0 aliphatic heterocycles. The summed E-state index contributed by atoms with van der Waals surface area (Å²) in [6, 6.07) is 10.5. The average molecular weight is 413 g/mol. The Morgan fingerprint density at radius 2 is 1.68 bits per heavy atom. The van der Waals surface area contributed by atoms with Gasteiger partial charge in [-0.2, -0.15) is 13.2 Å². The van der Waals surface area contributed by atoms with Gasteiger partial charge in [0.15, 0.2) is 0 Å². The molecule has 0 fully saturated rings. The predicted octanol–water partition coefficient (Wildman–Crippen LogP) is 5.36. The zero-order chi connectivity index (χ0) is 20.9. The zero-order valence-electron chi connectivity index (χ0n) is 15.3. The first-order valence-corrected chi connectivity index (χ1v) is 8.86. The molecule has 0 aliphatic carbocycles. The molecule has 2 aromatic rings. The molecule has 0 radical (unpaired) electrons. The van der Waals surface area contributed by atoms with Crippen molar-refractivity contribution in [3.05, 3.63) is 54.1 Å². The van der Waals surface area contributed by atoms with Crippen LogP contribution >= 0.6 is 11.8 Å². The monoisotopic (exact) mass is 413 g/mol. The molecule has 0 aromatic heterocycles. The number of methoxy groups -OCH3 is 1. The van der Waals surface area contributed by atoms with Crippen LogP contribution in [-0.2, 0) is 15.7 Å². The summed E-state index contributed by atoms with van der Waals surface area (Å²) in [6.07, 6.45) is -5.30. The predicted molar refractivity (Wildman–Crippen MR) is 99.5 cm³/mol. The Hall–Kier alpha value is -2.68. The number of hydrogen-bond donors (Lipinski definition) is 1. The van der Waals surface area contributed by atoms with Crippen molar-refractivity contribution in [2.45, 2.75) is 29.7 Å². The Morgan fingerprint density at radius 1 is 1.04 bits per heavy atom. The minimum absolute atomic E-state index is 0.162. The van der Waals surface area contributed by atoms with Crippen LogP contribution in [0.4, 0.5) is 23.7 Å². The molecule has 1 N–H and O–H groups in total. The number of amides is 1. The van der Waals surface area contributed by atoms with Crippen LogP contribution in [0.3, 0.4) is 0 Å². The molecular weight excluding hydrogens is 395 g/mol.